The summed E-state index contributed by atoms with van der Waals surface area (Å²) >= 11 is 0. The average molecular weight is 464 g/mol. The number of likely N-dealkylation sites (tertiary alicyclic amines) is 1. The topological polar surface area (TPSA) is 137 Å². The van der Waals surface area contributed by atoms with Gasteiger partial charge < -0.3 is 24.7 Å². The van der Waals surface area contributed by atoms with Gasteiger partial charge >= 0.3 is 5.97 Å². The highest BCUT2D eigenvalue weighted by Crippen LogP contribution is 2.26. The summed E-state index contributed by atoms with van der Waals surface area (Å²) in [6.45, 7) is 2.14. The van der Waals surface area contributed by atoms with Crippen LogP contribution in [-0.4, -0.2) is 61.5 Å². The van der Waals surface area contributed by atoms with Crippen molar-refractivity contribution in [2.75, 3.05) is 19.6 Å². The van der Waals surface area contributed by atoms with Crippen LogP contribution >= 0.6 is 0 Å². The molecule has 0 atom stereocenters. The SMILES string of the molecule is O=C(NCc1ncccc1F)c1coc(C2CN(CCc3nc4c(C(=O)O)cccc4[nH]3)C2)n1. The number of H-pyrrole nitrogens is 1. The number of carboxylic acids is 1. The number of amides is 1. The molecule has 34 heavy (non-hydrogen) atoms. The zero-order valence-corrected chi connectivity index (χ0v) is 18.0. The van der Waals surface area contributed by atoms with E-state index in [2.05, 4.69) is 30.2 Å². The molecule has 1 saturated heterocycles. The van der Waals surface area contributed by atoms with Gasteiger partial charge in [0.1, 0.15) is 23.4 Å². The fraction of sp³-hybridized carbons (Fsp3) is 0.261. The molecule has 0 bridgehead atoms. The molecule has 0 radical (unpaired) electrons. The maximum Gasteiger partial charge on any atom is 0.337 e. The van der Waals surface area contributed by atoms with E-state index in [1.165, 1.54) is 30.7 Å². The number of halogens is 1. The first-order valence-corrected chi connectivity index (χ1v) is 10.7. The van der Waals surface area contributed by atoms with Crippen molar-refractivity contribution in [2.24, 2.45) is 0 Å². The van der Waals surface area contributed by atoms with E-state index < -0.39 is 17.7 Å². The van der Waals surface area contributed by atoms with Crippen LogP contribution in [0.2, 0.25) is 0 Å². The highest BCUT2D eigenvalue weighted by atomic mass is 19.1. The number of hydrogen-bond donors (Lipinski definition) is 3. The number of aromatic nitrogens is 4. The Bertz CT molecular complexity index is 1360. The van der Waals surface area contributed by atoms with Crippen molar-refractivity contribution in [2.45, 2.75) is 18.9 Å². The van der Waals surface area contributed by atoms with Crippen LogP contribution < -0.4 is 5.32 Å². The van der Waals surface area contributed by atoms with Gasteiger partial charge in [0.2, 0.25) is 0 Å². The molecule has 174 valence electrons. The average Bonchev–Trinajstić information content (AvgIpc) is 3.44. The van der Waals surface area contributed by atoms with Gasteiger partial charge in [-0.3, -0.25) is 9.78 Å². The number of carbonyl (C=O) groups excluding carboxylic acids is 1. The lowest BCUT2D eigenvalue weighted by Crippen LogP contribution is -2.46. The number of fused-ring (bicyclic) bond motifs is 1. The summed E-state index contributed by atoms with van der Waals surface area (Å²) in [5.74, 6) is -0.655. The Hall–Kier alpha value is -4.12. The number of imidazole rings is 1. The lowest BCUT2D eigenvalue weighted by Gasteiger charge is -2.37. The van der Waals surface area contributed by atoms with E-state index in [9.17, 15) is 19.1 Å². The minimum absolute atomic E-state index is 0.0410. The quantitative estimate of drug-likeness (QED) is 0.361. The summed E-state index contributed by atoms with van der Waals surface area (Å²) in [4.78, 5) is 41.6. The van der Waals surface area contributed by atoms with Gasteiger partial charge in [-0.15, -0.1) is 0 Å². The maximum absolute atomic E-state index is 13.6. The molecule has 3 N–H and O–H groups in total. The number of nitrogens with zero attached hydrogens (tertiary/aromatic N) is 4. The van der Waals surface area contributed by atoms with E-state index >= 15 is 0 Å². The molecular formula is C23H21FN6O4. The zero-order chi connectivity index (χ0) is 23.7. The van der Waals surface area contributed by atoms with E-state index in [1.807, 2.05) is 0 Å². The van der Waals surface area contributed by atoms with Crippen molar-refractivity contribution in [3.63, 3.8) is 0 Å². The zero-order valence-electron chi connectivity index (χ0n) is 18.0. The number of carbonyl (C=O) groups is 2. The van der Waals surface area contributed by atoms with Crippen LogP contribution in [0.3, 0.4) is 0 Å². The number of oxazole rings is 1. The van der Waals surface area contributed by atoms with E-state index in [0.717, 1.165) is 25.5 Å². The first kappa shape index (κ1) is 21.7. The van der Waals surface area contributed by atoms with Crippen molar-refractivity contribution in [1.82, 2.24) is 30.2 Å². The van der Waals surface area contributed by atoms with Crippen molar-refractivity contribution >= 4 is 22.9 Å². The number of nitrogens with one attached hydrogen (secondary N) is 2. The van der Waals surface area contributed by atoms with Crippen LogP contribution in [0, 0.1) is 5.82 Å². The van der Waals surface area contributed by atoms with Gasteiger partial charge in [-0.2, -0.15) is 0 Å². The Morgan fingerprint density at radius 3 is 2.88 bits per heavy atom. The molecule has 1 aliphatic rings. The summed E-state index contributed by atoms with van der Waals surface area (Å²) in [5.41, 5.74) is 1.63. The Labute approximate surface area is 192 Å². The van der Waals surface area contributed by atoms with Crippen LogP contribution in [0.1, 0.15) is 44.2 Å². The third-order valence-electron chi connectivity index (χ3n) is 5.77. The molecule has 10 nitrogen and oxygen atoms in total. The van der Waals surface area contributed by atoms with E-state index in [0.29, 0.717) is 23.3 Å². The first-order valence-electron chi connectivity index (χ1n) is 10.7. The standard InChI is InChI=1S/C23H21FN6O4/c24-15-4-2-7-25-17(15)9-26-21(31)18-12-34-22(28-18)13-10-30(11-13)8-6-19-27-16-5-1-3-14(23(32)33)20(16)29-19/h1-5,7,12-13H,6,8-11H2,(H,26,31)(H,27,29)(H,32,33). The second-order valence-corrected chi connectivity index (χ2v) is 8.08. The van der Waals surface area contributed by atoms with E-state index in [-0.39, 0.29) is 29.4 Å². The van der Waals surface area contributed by atoms with Crippen molar-refractivity contribution in [3.8, 4) is 0 Å². The van der Waals surface area contributed by atoms with Crippen LogP contribution in [0.25, 0.3) is 11.0 Å². The Kier molecular flexibility index (Phi) is 5.76. The highest BCUT2D eigenvalue weighted by Gasteiger charge is 2.32. The number of rotatable bonds is 8. The molecule has 1 aliphatic heterocycles. The molecule has 5 rings (SSSR count). The third kappa shape index (κ3) is 4.37. The Balaban J connectivity index is 1.12. The van der Waals surface area contributed by atoms with Gasteiger partial charge in [0, 0.05) is 32.3 Å². The molecular weight excluding hydrogens is 443 g/mol. The molecule has 11 heteroatoms. The predicted molar refractivity (Wildman–Crippen MR) is 118 cm³/mol. The molecule has 4 heterocycles. The lowest BCUT2D eigenvalue weighted by atomic mass is 10.00. The van der Waals surface area contributed by atoms with Crippen LogP contribution in [0.5, 0.6) is 0 Å². The number of pyridine rings is 1. The molecule has 0 unspecified atom stereocenters. The summed E-state index contributed by atoms with van der Waals surface area (Å²) in [6.07, 6.45) is 3.41. The van der Waals surface area contributed by atoms with Gasteiger partial charge in [0.25, 0.3) is 5.91 Å². The van der Waals surface area contributed by atoms with Gasteiger partial charge in [-0.1, -0.05) is 6.07 Å². The Morgan fingerprint density at radius 1 is 1.24 bits per heavy atom. The third-order valence-corrected chi connectivity index (χ3v) is 5.77. The predicted octanol–water partition coefficient (Wildman–Crippen LogP) is 2.36. The van der Waals surface area contributed by atoms with Gasteiger partial charge in [0.05, 0.1) is 29.2 Å². The van der Waals surface area contributed by atoms with Crippen LogP contribution in [-0.2, 0) is 13.0 Å². The largest absolute Gasteiger partial charge is 0.478 e. The molecule has 0 aliphatic carbocycles. The summed E-state index contributed by atoms with van der Waals surface area (Å²) in [6, 6.07) is 7.80. The first-order chi connectivity index (χ1) is 16.5. The second-order valence-electron chi connectivity index (χ2n) is 8.08. The highest BCUT2D eigenvalue weighted by molar-refractivity contribution is 6.00. The molecule has 3 aromatic heterocycles. The van der Waals surface area contributed by atoms with Crippen molar-refractivity contribution in [1.29, 1.82) is 0 Å². The van der Waals surface area contributed by atoms with Crippen molar-refractivity contribution in [3.05, 3.63) is 77.3 Å². The summed E-state index contributed by atoms with van der Waals surface area (Å²) < 4.78 is 19.1. The monoisotopic (exact) mass is 464 g/mol. The molecule has 4 aromatic rings. The summed E-state index contributed by atoms with van der Waals surface area (Å²) in [5, 5.41) is 11.9. The van der Waals surface area contributed by atoms with Crippen molar-refractivity contribution < 1.29 is 23.5 Å². The molecule has 1 aromatic carbocycles. The Morgan fingerprint density at radius 2 is 2.09 bits per heavy atom. The molecule has 0 spiro atoms. The number of aromatic amines is 1. The number of hydrogen-bond acceptors (Lipinski definition) is 7. The molecule has 0 saturated carbocycles. The van der Waals surface area contributed by atoms with E-state index in [4.69, 9.17) is 4.42 Å². The number of benzene rings is 1. The molecule has 1 amide bonds. The van der Waals surface area contributed by atoms with Gasteiger partial charge in [-0.25, -0.2) is 19.2 Å². The van der Waals surface area contributed by atoms with Gasteiger partial charge in [0.15, 0.2) is 11.6 Å². The smallest absolute Gasteiger partial charge is 0.337 e. The number of carboxylic acid groups (broad SMARTS) is 1. The number of aromatic carboxylic acids is 1. The normalized spacial score (nSPS) is 14.3. The van der Waals surface area contributed by atoms with E-state index in [1.54, 1.807) is 12.1 Å². The minimum Gasteiger partial charge on any atom is -0.478 e. The maximum atomic E-state index is 13.6. The number of para-hydroxylation sites is 1. The van der Waals surface area contributed by atoms with Crippen LogP contribution in [0.15, 0.2) is 47.2 Å². The fourth-order valence-corrected chi connectivity index (χ4v) is 3.93. The minimum atomic E-state index is -1.00. The lowest BCUT2D eigenvalue weighted by molar-refractivity contribution is 0.0698. The molecule has 1 fully saturated rings. The summed E-state index contributed by atoms with van der Waals surface area (Å²) in [7, 11) is 0. The van der Waals surface area contributed by atoms with Gasteiger partial charge in [-0.05, 0) is 24.3 Å². The second kappa shape index (κ2) is 9.02. The fourth-order valence-electron chi connectivity index (χ4n) is 3.93. The van der Waals surface area contributed by atoms with Crippen LogP contribution in [0.4, 0.5) is 4.39 Å².